The number of carbonyl (C=O) groups is 1. The molecule has 0 unspecified atom stereocenters. The Bertz CT molecular complexity index is 328. The highest BCUT2D eigenvalue weighted by Gasteiger charge is 2.24. The molecular weight excluding hydrogens is 178 g/mol. The van der Waals surface area contributed by atoms with Crippen LogP contribution in [0.4, 0.5) is 0 Å². The number of nitrogens with zero attached hydrogens (tertiary/aromatic N) is 1. The molecule has 0 N–H and O–H groups in total. The number of benzene rings is 1. The zero-order valence-electron chi connectivity index (χ0n) is 8.19. The predicted molar refractivity (Wildman–Crippen MR) is 53.5 cm³/mol. The van der Waals surface area contributed by atoms with Gasteiger partial charge in [0.05, 0.1) is 6.61 Å². The zero-order valence-corrected chi connectivity index (χ0v) is 8.19. The smallest absolute Gasteiger partial charge is 0.253 e. The molecule has 0 atom stereocenters. The summed E-state index contributed by atoms with van der Waals surface area (Å²) in [6.45, 7) is 4.38. The van der Waals surface area contributed by atoms with Crippen LogP contribution in [-0.4, -0.2) is 30.5 Å². The van der Waals surface area contributed by atoms with E-state index < -0.39 is 0 Å². The van der Waals surface area contributed by atoms with Crippen LogP contribution in [0.15, 0.2) is 24.3 Å². The summed E-state index contributed by atoms with van der Waals surface area (Å²) in [6.07, 6.45) is 0. The maximum absolute atomic E-state index is 11.6. The average Bonchev–Trinajstić information content (AvgIpc) is 3.02. The minimum atomic E-state index is 0.119. The van der Waals surface area contributed by atoms with Gasteiger partial charge in [0.15, 0.2) is 0 Å². The molecule has 0 radical (unpaired) electrons. The Kier molecular flexibility index (Phi) is 2.39. The van der Waals surface area contributed by atoms with Gasteiger partial charge in [-0.1, -0.05) is 0 Å². The molecule has 3 nitrogen and oxygen atoms in total. The Balaban J connectivity index is 2.08. The second-order valence-electron chi connectivity index (χ2n) is 3.25. The molecule has 1 aliphatic heterocycles. The molecule has 1 amide bonds. The molecule has 14 heavy (non-hydrogen) atoms. The van der Waals surface area contributed by atoms with Crippen LogP contribution >= 0.6 is 0 Å². The van der Waals surface area contributed by atoms with Crippen molar-refractivity contribution in [2.45, 2.75) is 6.92 Å². The van der Waals surface area contributed by atoms with Gasteiger partial charge in [-0.2, -0.15) is 0 Å². The Morgan fingerprint density at radius 3 is 2.50 bits per heavy atom. The largest absolute Gasteiger partial charge is 0.494 e. The maximum atomic E-state index is 11.6. The van der Waals surface area contributed by atoms with Gasteiger partial charge >= 0.3 is 0 Å². The van der Waals surface area contributed by atoms with E-state index >= 15 is 0 Å². The second-order valence-corrected chi connectivity index (χ2v) is 3.25. The summed E-state index contributed by atoms with van der Waals surface area (Å²) in [5.41, 5.74) is 0.742. The Labute approximate surface area is 83.3 Å². The Morgan fingerprint density at radius 2 is 2.00 bits per heavy atom. The van der Waals surface area contributed by atoms with E-state index in [2.05, 4.69) is 0 Å². The SMILES string of the molecule is CCOc1ccc(C(=O)N2CC2)cc1. The molecule has 2 rings (SSSR count). The van der Waals surface area contributed by atoms with Gasteiger partial charge in [0.2, 0.25) is 0 Å². The molecule has 0 spiro atoms. The van der Waals surface area contributed by atoms with Crippen molar-refractivity contribution in [1.29, 1.82) is 0 Å². The highest BCUT2D eigenvalue weighted by molar-refractivity contribution is 5.95. The van der Waals surface area contributed by atoms with Crippen molar-refractivity contribution in [1.82, 2.24) is 4.90 Å². The molecule has 1 aromatic carbocycles. The van der Waals surface area contributed by atoms with Gasteiger partial charge in [-0.3, -0.25) is 4.79 Å². The molecule has 0 aromatic heterocycles. The van der Waals surface area contributed by atoms with Crippen molar-refractivity contribution in [3.05, 3.63) is 29.8 Å². The third kappa shape index (κ3) is 1.87. The number of rotatable bonds is 3. The molecule has 1 heterocycles. The lowest BCUT2D eigenvalue weighted by Crippen LogP contribution is -2.10. The van der Waals surface area contributed by atoms with E-state index in [1.54, 1.807) is 4.90 Å². The van der Waals surface area contributed by atoms with Gasteiger partial charge in [-0.05, 0) is 31.2 Å². The van der Waals surface area contributed by atoms with E-state index in [1.165, 1.54) is 0 Å². The third-order valence-corrected chi connectivity index (χ3v) is 2.15. The average molecular weight is 191 g/mol. The first kappa shape index (κ1) is 9.06. The monoisotopic (exact) mass is 191 g/mol. The summed E-state index contributed by atoms with van der Waals surface area (Å²) >= 11 is 0. The minimum absolute atomic E-state index is 0.119. The van der Waals surface area contributed by atoms with Crippen LogP contribution in [0.3, 0.4) is 0 Å². The zero-order chi connectivity index (χ0) is 9.97. The summed E-state index contributed by atoms with van der Waals surface area (Å²) in [5, 5.41) is 0. The number of hydrogen-bond acceptors (Lipinski definition) is 2. The molecule has 3 heteroatoms. The van der Waals surface area contributed by atoms with Crippen LogP contribution in [0, 0.1) is 0 Å². The Morgan fingerprint density at radius 1 is 1.36 bits per heavy atom. The van der Waals surface area contributed by atoms with Crippen molar-refractivity contribution in [3.8, 4) is 5.75 Å². The fourth-order valence-corrected chi connectivity index (χ4v) is 1.30. The van der Waals surface area contributed by atoms with Crippen molar-refractivity contribution < 1.29 is 9.53 Å². The lowest BCUT2D eigenvalue weighted by Gasteiger charge is -2.04. The van der Waals surface area contributed by atoms with Gasteiger partial charge in [0.25, 0.3) is 5.91 Å². The van der Waals surface area contributed by atoms with Gasteiger partial charge in [-0.15, -0.1) is 0 Å². The van der Waals surface area contributed by atoms with Gasteiger partial charge in [0.1, 0.15) is 5.75 Å². The van der Waals surface area contributed by atoms with Gasteiger partial charge < -0.3 is 9.64 Å². The number of amides is 1. The summed E-state index contributed by atoms with van der Waals surface area (Å²) in [5.74, 6) is 0.933. The lowest BCUT2D eigenvalue weighted by atomic mass is 10.2. The molecule has 1 aliphatic rings. The third-order valence-electron chi connectivity index (χ3n) is 2.15. The van der Waals surface area contributed by atoms with Crippen LogP contribution in [-0.2, 0) is 0 Å². The lowest BCUT2D eigenvalue weighted by molar-refractivity contribution is 0.0885. The van der Waals surface area contributed by atoms with Crippen LogP contribution in [0.25, 0.3) is 0 Å². The van der Waals surface area contributed by atoms with Crippen molar-refractivity contribution >= 4 is 5.91 Å². The quantitative estimate of drug-likeness (QED) is 0.678. The highest BCUT2D eigenvalue weighted by Crippen LogP contribution is 2.16. The standard InChI is InChI=1S/C11H13NO2/c1-2-14-10-5-3-9(4-6-10)11(13)12-7-8-12/h3-6H,2,7-8H2,1H3. The molecular formula is C11H13NO2. The van der Waals surface area contributed by atoms with Crippen molar-refractivity contribution in [2.75, 3.05) is 19.7 Å². The summed E-state index contributed by atoms with van der Waals surface area (Å²) in [4.78, 5) is 13.4. The number of hydrogen-bond donors (Lipinski definition) is 0. The van der Waals surface area contributed by atoms with Gasteiger partial charge in [-0.25, -0.2) is 0 Å². The summed E-state index contributed by atoms with van der Waals surface area (Å²) in [7, 11) is 0. The van der Waals surface area contributed by atoms with E-state index in [9.17, 15) is 4.79 Å². The molecule has 0 aliphatic carbocycles. The van der Waals surface area contributed by atoms with E-state index in [-0.39, 0.29) is 5.91 Å². The van der Waals surface area contributed by atoms with E-state index in [1.807, 2.05) is 31.2 Å². The molecule has 0 bridgehead atoms. The van der Waals surface area contributed by atoms with Crippen LogP contribution < -0.4 is 4.74 Å². The summed E-state index contributed by atoms with van der Waals surface area (Å²) in [6, 6.07) is 7.29. The van der Waals surface area contributed by atoms with E-state index in [4.69, 9.17) is 4.74 Å². The molecule has 0 saturated carbocycles. The molecule has 1 aromatic rings. The molecule has 1 fully saturated rings. The van der Waals surface area contributed by atoms with Crippen molar-refractivity contribution in [3.63, 3.8) is 0 Å². The van der Waals surface area contributed by atoms with E-state index in [0.29, 0.717) is 6.61 Å². The number of carbonyl (C=O) groups excluding carboxylic acids is 1. The molecule has 74 valence electrons. The highest BCUT2D eigenvalue weighted by atomic mass is 16.5. The van der Waals surface area contributed by atoms with Crippen LogP contribution in [0.1, 0.15) is 17.3 Å². The summed E-state index contributed by atoms with van der Waals surface area (Å²) < 4.78 is 5.29. The Hall–Kier alpha value is -1.51. The first-order chi connectivity index (χ1) is 6.81. The first-order valence-electron chi connectivity index (χ1n) is 4.83. The maximum Gasteiger partial charge on any atom is 0.253 e. The van der Waals surface area contributed by atoms with Crippen LogP contribution in [0.2, 0.25) is 0 Å². The first-order valence-corrected chi connectivity index (χ1v) is 4.83. The normalized spacial score (nSPS) is 13.9. The fraction of sp³-hybridized carbons (Fsp3) is 0.364. The van der Waals surface area contributed by atoms with E-state index in [0.717, 1.165) is 24.4 Å². The second kappa shape index (κ2) is 3.70. The predicted octanol–water partition coefficient (Wildman–Crippen LogP) is 1.54. The fourth-order valence-electron chi connectivity index (χ4n) is 1.30. The molecule has 1 saturated heterocycles. The minimum Gasteiger partial charge on any atom is -0.494 e. The number of ether oxygens (including phenoxy) is 1. The van der Waals surface area contributed by atoms with Crippen LogP contribution in [0.5, 0.6) is 5.75 Å². The van der Waals surface area contributed by atoms with Gasteiger partial charge in [0, 0.05) is 18.7 Å². The topological polar surface area (TPSA) is 29.3 Å². The van der Waals surface area contributed by atoms with Crippen molar-refractivity contribution in [2.24, 2.45) is 0 Å².